The van der Waals surface area contributed by atoms with Crippen LogP contribution in [-0.2, 0) is 16.6 Å². The number of hydrogen-bond acceptors (Lipinski definition) is 5. The van der Waals surface area contributed by atoms with Crippen LogP contribution < -0.4 is 10.0 Å². The van der Waals surface area contributed by atoms with Gasteiger partial charge in [-0.2, -0.15) is 0 Å². The average Bonchev–Trinajstić information content (AvgIpc) is 3.27. The van der Waals surface area contributed by atoms with Crippen molar-refractivity contribution in [3.63, 3.8) is 0 Å². The van der Waals surface area contributed by atoms with Crippen molar-refractivity contribution < 1.29 is 17.6 Å². The van der Waals surface area contributed by atoms with Crippen LogP contribution >= 0.6 is 0 Å². The van der Waals surface area contributed by atoms with Gasteiger partial charge in [-0.05, 0) is 63.0 Å². The number of carbonyl (C=O) groups excluding carboxylic acids is 1. The molecule has 3 aromatic rings. The van der Waals surface area contributed by atoms with Crippen LogP contribution in [0.4, 0.5) is 0 Å². The predicted molar refractivity (Wildman–Crippen MR) is 119 cm³/mol. The molecule has 1 heterocycles. The van der Waals surface area contributed by atoms with Crippen molar-refractivity contribution in [2.24, 2.45) is 0 Å². The topological polar surface area (TPSA) is 91.6 Å². The molecule has 0 spiro atoms. The summed E-state index contributed by atoms with van der Waals surface area (Å²) in [5.41, 5.74) is 2.69. The van der Waals surface area contributed by atoms with Gasteiger partial charge in [-0.1, -0.05) is 29.8 Å². The van der Waals surface area contributed by atoms with Crippen LogP contribution in [0.15, 0.2) is 76.2 Å². The van der Waals surface area contributed by atoms with Crippen molar-refractivity contribution in [3.05, 3.63) is 89.4 Å². The van der Waals surface area contributed by atoms with Crippen LogP contribution in [0.1, 0.15) is 33.3 Å². The molecule has 8 heteroatoms. The Hall–Kier alpha value is -2.94. The van der Waals surface area contributed by atoms with Crippen molar-refractivity contribution in [2.45, 2.75) is 24.4 Å². The summed E-state index contributed by atoms with van der Waals surface area (Å²) in [5, 5.41) is 2.94. The first-order valence-electron chi connectivity index (χ1n) is 9.89. The molecule has 1 amide bonds. The van der Waals surface area contributed by atoms with Gasteiger partial charge >= 0.3 is 0 Å². The third kappa shape index (κ3) is 6.04. The molecule has 1 atom stereocenters. The van der Waals surface area contributed by atoms with Gasteiger partial charge in [0.25, 0.3) is 5.91 Å². The largest absolute Gasteiger partial charge is 0.468 e. The Kier molecular flexibility index (Phi) is 7.27. The van der Waals surface area contributed by atoms with Gasteiger partial charge in [0, 0.05) is 12.1 Å². The highest BCUT2D eigenvalue weighted by molar-refractivity contribution is 7.89. The summed E-state index contributed by atoms with van der Waals surface area (Å²) in [7, 11) is 0.225. The number of likely N-dealkylation sites (N-methyl/N-ethyl adjacent to an activating group) is 1. The number of furan rings is 1. The van der Waals surface area contributed by atoms with Crippen molar-refractivity contribution >= 4 is 15.9 Å². The number of nitrogens with zero attached hydrogens (tertiary/aromatic N) is 1. The fourth-order valence-electron chi connectivity index (χ4n) is 3.13. The molecule has 31 heavy (non-hydrogen) atoms. The van der Waals surface area contributed by atoms with E-state index in [2.05, 4.69) is 22.2 Å². The molecule has 0 radical (unpaired) electrons. The first-order valence-corrected chi connectivity index (χ1v) is 11.4. The lowest BCUT2D eigenvalue weighted by atomic mass is 10.0. The van der Waals surface area contributed by atoms with Gasteiger partial charge in [0.05, 0.1) is 23.7 Å². The highest BCUT2D eigenvalue weighted by Crippen LogP contribution is 2.18. The maximum absolute atomic E-state index is 12.6. The smallest absolute Gasteiger partial charge is 0.251 e. The number of rotatable bonds is 9. The summed E-state index contributed by atoms with van der Waals surface area (Å²) in [4.78, 5) is 14.7. The van der Waals surface area contributed by atoms with Gasteiger partial charge in [-0.25, -0.2) is 13.1 Å². The fourth-order valence-corrected chi connectivity index (χ4v) is 4.12. The highest BCUT2D eigenvalue weighted by atomic mass is 32.2. The second-order valence-electron chi connectivity index (χ2n) is 7.53. The second kappa shape index (κ2) is 9.91. The Morgan fingerprint density at radius 1 is 1.03 bits per heavy atom. The van der Waals surface area contributed by atoms with E-state index < -0.39 is 10.0 Å². The third-order valence-corrected chi connectivity index (χ3v) is 6.40. The lowest BCUT2D eigenvalue weighted by Crippen LogP contribution is -2.34. The molecule has 0 aliphatic carbocycles. The van der Waals surface area contributed by atoms with Crippen LogP contribution in [0.25, 0.3) is 0 Å². The number of aryl methyl sites for hydroxylation is 1. The second-order valence-corrected chi connectivity index (χ2v) is 9.30. The third-order valence-electron chi connectivity index (χ3n) is 4.98. The number of benzene rings is 2. The number of hydrogen-bond donors (Lipinski definition) is 2. The summed E-state index contributed by atoms with van der Waals surface area (Å²) in [6.07, 6.45) is 1.48. The van der Waals surface area contributed by atoms with E-state index in [1.54, 1.807) is 12.1 Å². The molecule has 0 saturated carbocycles. The molecule has 3 rings (SSSR count). The molecule has 7 nitrogen and oxygen atoms in total. The molecule has 2 aromatic carbocycles. The molecule has 0 aliphatic rings. The molecular formula is C23H27N3O4S. The van der Waals surface area contributed by atoms with Crippen LogP contribution in [0.5, 0.6) is 0 Å². The van der Waals surface area contributed by atoms with Crippen LogP contribution in [-0.4, -0.2) is 39.9 Å². The monoisotopic (exact) mass is 441 g/mol. The van der Waals surface area contributed by atoms with Gasteiger partial charge in [0.15, 0.2) is 0 Å². The van der Waals surface area contributed by atoms with E-state index in [0.717, 1.165) is 5.56 Å². The zero-order chi connectivity index (χ0) is 22.4. The molecule has 1 unspecified atom stereocenters. The fraction of sp³-hybridized carbons (Fsp3) is 0.261. The number of sulfonamides is 1. The normalized spacial score (nSPS) is 12.6. The minimum Gasteiger partial charge on any atom is -0.468 e. The van der Waals surface area contributed by atoms with E-state index in [9.17, 15) is 13.2 Å². The standard InChI is InChI=1S/C23H27N3O4S/c1-17-6-8-18(9-7-17)22(26(2)3)16-24-23(27)19-10-12-21(13-11-19)31(28,29)25-15-20-5-4-14-30-20/h4-14,22,25H,15-16H2,1-3H3,(H,24,27). The average molecular weight is 442 g/mol. The molecule has 164 valence electrons. The molecule has 0 fully saturated rings. The van der Waals surface area contributed by atoms with Crippen molar-refractivity contribution in [2.75, 3.05) is 20.6 Å². The Morgan fingerprint density at radius 3 is 2.29 bits per heavy atom. The zero-order valence-electron chi connectivity index (χ0n) is 17.8. The van der Waals surface area contributed by atoms with E-state index in [0.29, 0.717) is 17.9 Å². The lowest BCUT2D eigenvalue weighted by molar-refractivity contribution is 0.0942. The molecular weight excluding hydrogens is 414 g/mol. The van der Waals surface area contributed by atoms with Crippen LogP contribution in [0.3, 0.4) is 0 Å². The van der Waals surface area contributed by atoms with Crippen molar-refractivity contribution in [1.29, 1.82) is 0 Å². The Morgan fingerprint density at radius 2 is 1.71 bits per heavy atom. The Labute approximate surface area is 183 Å². The van der Waals surface area contributed by atoms with Gasteiger partial charge in [0.1, 0.15) is 5.76 Å². The summed E-state index contributed by atoms with van der Waals surface area (Å²) < 4.78 is 32.4. The van der Waals surface area contributed by atoms with Crippen LogP contribution in [0.2, 0.25) is 0 Å². The van der Waals surface area contributed by atoms with Crippen molar-refractivity contribution in [3.8, 4) is 0 Å². The number of amides is 1. The lowest BCUT2D eigenvalue weighted by Gasteiger charge is -2.25. The summed E-state index contributed by atoms with van der Waals surface area (Å²) in [5.74, 6) is 0.259. The van der Waals surface area contributed by atoms with E-state index >= 15 is 0 Å². The predicted octanol–water partition coefficient (Wildman–Crippen LogP) is 3.10. The van der Waals surface area contributed by atoms with Gasteiger partial charge < -0.3 is 14.6 Å². The minimum atomic E-state index is -3.70. The van der Waals surface area contributed by atoms with Crippen LogP contribution in [0, 0.1) is 6.92 Å². The summed E-state index contributed by atoms with van der Waals surface area (Å²) in [6.45, 7) is 2.52. The van der Waals surface area contributed by atoms with E-state index in [-0.39, 0.29) is 23.4 Å². The first kappa shape index (κ1) is 22.7. The molecule has 0 bridgehead atoms. The zero-order valence-corrected chi connectivity index (χ0v) is 18.6. The number of carbonyl (C=O) groups is 1. The van der Waals surface area contributed by atoms with E-state index in [1.807, 2.05) is 38.1 Å². The molecule has 1 aromatic heterocycles. The maximum Gasteiger partial charge on any atom is 0.251 e. The molecule has 0 aliphatic heterocycles. The highest BCUT2D eigenvalue weighted by Gasteiger charge is 2.18. The van der Waals surface area contributed by atoms with Gasteiger partial charge in [0.2, 0.25) is 10.0 Å². The quantitative estimate of drug-likeness (QED) is 0.532. The van der Waals surface area contributed by atoms with Crippen molar-refractivity contribution in [1.82, 2.24) is 14.9 Å². The van der Waals surface area contributed by atoms with Gasteiger partial charge in [-0.3, -0.25) is 4.79 Å². The summed E-state index contributed by atoms with van der Waals surface area (Å²) in [6, 6.07) is 17.5. The SMILES string of the molecule is Cc1ccc(C(CNC(=O)c2ccc(S(=O)(=O)NCc3ccco3)cc2)N(C)C)cc1. The summed E-state index contributed by atoms with van der Waals surface area (Å²) >= 11 is 0. The first-order chi connectivity index (χ1) is 14.8. The van der Waals surface area contributed by atoms with E-state index in [4.69, 9.17) is 4.42 Å². The number of nitrogens with one attached hydrogen (secondary N) is 2. The maximum atomic E-state index is 12.6. The Balaban J connectivity index is 1.62. The van der Waals surface area contributed by atoms with Gasteiger partial charge in [-0.15, -0.1) is 0 Å². The Bertz CT molecular complexity index is 1090. The van der Waals surface area contributed by atoms with E-state index in [1.165, 1.54) is 36.1 Å². The molecule has 2 N–H and O–H groups in total. The molecule has 0 saturated heterocycles. The minimum absolute atomic E-state index is 0.0231.